The third-order valence-corrected chi connectivity index (χ3v) is 7.26. The number of nitrogen functional groups attached to an aromatic ring is 1. The normalized spacial score (nSPS) is 31.7. The number of anilines is 1. The van der Waals surface area contributed by atoms with Gasteiger partial charge in [-0.3, -0.25) is 4.79 Å². The van der Waals surface area contributed by atoms with Gasteiger partial charge in [0.25, 0.3) is 0 Å². The van der Waals surface area contributed by atoms with E-state index in [1.54, 1.807) is 6.20 Å². The van der Waals surface area contributed by atoms with E-state index in [9.17, 15) is 15.0 Å². The predicted octanol–water partition coefficient (Wildman–Crippen LogP) is 0.0409. The average Bonchev–Trinajstić information content (AvgIpc) is 3.40. The number of aromatic nitrogens is 3. The highest BCUT2D eigenvalue weighted by Gasteiger charge is 2.52. The van der Waals surface area contributed by atoms with Crippen LogP contribution in [0.4, 0.5) is 5.82 Å². The van der Waals surface area contributed by atoms with Gasteiger partial charge in [0, 0.05) is 18.3 Å². The second kappa shape index (κ2) is 6.93. The van der Waals surface area contributed by atoms with Crippen molar-refractivity contribution in [2.24, 2.45) is 5.92 Å². The third-order valence-electron chi connectivity index (χ3n) is 7.26. The monoisotopic (exact) mass is 400 g/mol. The van der Waals surface area contributed by atoms with Gasteiger partial charge in [0.2, 0.25) is 5.91 Å². The molecule has 29 heavy (non-hydrogen) atoms. The Morgan fingerprint density at radius 1 is 1.21 bits per heavy atom. The number of carbonyl (C=O) groups is 1. The first-order valence-corrected chi connectivity index (χ1v) is 10.5. The number of nitrogens with one attached hydrogen (secondary N) is 1. The Bertz CT molecular complexity index is 924. The van der Waals surface area contributed by atoms with Gasteiger partial charge in [0.05, 0.1) is 23.4 Å². The largest absolute Gasteiger partial charge is 0.390 e. The number of hydrogen-bond donors (Lipinski definition) is 4. The predicted molar refractivity (Wildman–Crippen MR) is 107 cm³/mol. The quantitative estimate of drug-likeness (QED) is 0.560. The standard InChI is InChI=1S/C20H28N6O3/c21-17-12-2-9-25(18(12)24-11-23-17)14-10-13(15(27)16(14)28)19(29)26-8-1-3-20(26)4-6-22-7-5-20/h2,9,11,13-16,22,27-28H,1,3-8,10H2,(H2,21,23,24)/t13-,14+,15+,16-/m0/s1. The fourth-order valence-corrected chi connectivity index (χ4v) is 5.68. The van der Waals surface area contributed by atoms with Crippen LogP contribution >= 0.6 is 0 Å². The smallest absolute Gasteiger partial charge is 0.228 e. The molecule has 5 N–H and O–H groups in total. The van der Waals surface area contributed by atoms with E-state index < -0.39 is 24.2 Å². The zero-order valence-corrected chi connectivity index (χ0v) is 16.4. The molecule has 0 unspecified atom stereocenters. The van der Waals surface area contributed by atoms with E-state index in [1.165, 1.54) is 6.33 Å². The number of hydrogen-bond acceptors (Lipinski definition) is 7. The van der Waals surface area contributed by atoms with Crippen molar-refractivity contribution in [3.63, 3.8) is 0 Å². The summed E-state index contributed by atoms with van der Waals surface area (Å²) in [6.07, 6.45) is 5.35. The Balaban J connectivity index is 1.42. The van der Waals surface area contributed by atoms with Gasteiger partial charge >= 0.3 is 0 Å². The van der Waals surface area contributed by atoms with Crippen molar-refractivity contribution < 1.29 is 15.0 Å². The molecule has 1 saturated carbocycles. The molecule has 2 aromatic heterocycles. The molecule has 9 heteroatoms. The number of nitrogens with zero attached hydrogens (tertiary/aromatic N) is 4. The van der Waals surface area contributed by atoms with Crippen LogP contribution in [0.1, 0.15) is 38.1 Å². The molecule has 3 fully saturated rings. The van der Waals surface area contributed by atoms with E-state index >= 15 is 0 Å². The minimum absolute atomic E-state index is 0.0240. The van der Waals surface area contributed by atoms with E-state index in [0.29, 0.717) is 23.3 Å². The molecule has 5 rings (SSSR count). The second-order valence-electron chi connectivity index (χ2n) is 8.68. The maximum Gasteiger partial charge on any atom is 0.228 e. The molecule has 4 heterocycles. The Morgan fingerprint density at radius 3 is 2.79 bits per heavy atom. The van der Waals surface area contributed by atoms with Crippen LogP contribution in [0.3, 0.4) is 0 Å². The summed E-state index contributed by atoms with van der Waals surface area (Å²) in [5.41, 5.74) is 6.44. The van der Waals surface area contributed by atoms with E-state index in [0.717, 1.165) is 45.3 Å². The third kappa shape index (κ3) is 2.83. The minimum atomic E-state index is -1.09. The second-order valence-corrected chi connectivity index (χ2v) is 8.68. The van der Waals surface area contributed by atoms with Crippen molar-refractivity contribution in [2.45, 2.75) is 55.9 Å². The van der Waals surface area contributed by atoms with Gasteiger partial charge in [0.15, 0.2) is 0 Å². The summed E-state index contributed by atoms with van der Waals surface area (Å²) < 4.78 is 1.82. The van der Waals surface area contributed by atoms with Crippen molar-refractivity contribution in [3.8, 4) is 0 Å². The number of aliphatic hydroxyl groups excluding tert-OH is 2. The van der Waals surface area contributed by atoms with E-state index in [1.807, 2.05) is 15.5 Å². The zero-order valence-electron chi connectivity index (χ0n) is 16.4. The molecule has 2 saturated heterocycles. The lowest BCUT2D eigenvalue weighted by molar-refractivity contribution is -0.144. The molecule has 0 bridgehead atoms. The molecule has 1 aliphatic carbocycles. The van der Waals surface area contributed by atoms with Crippen molar-refractivity contribution in [2.75, 3.05) is 25.4 Å². The average molecular weight is 400 g/mol. The maximum absolute atomic E-state index is 13.5. The summed E-state index contributed by atoms with van der Waals surface area (Å²) in [7, 11) is 0. The molecule has 0 aromatic carbocycles. The van der Waals surface area contributed by atoms with Gasteiger partial charge in [-0.25, -0.2) is 9.97 Å². The van der Waals surface area contributed by atoms with Crippen LogP contribution in [0.2, 0.25) is 0 Å². The molecule has 4 atom stereocenters. The van der Waals surface area contributed by atoms with Crippen LogP contribution in [0.15, 0.2) is 18.6 Å². The van der Waals surface area contributed by atoms with Crippen LogP contribution < -0.4 is 11.1 Å². The molecule has 156 valence electrons. The lowest BCUT2D eigenvalue weighted by atomic mass is 9.85. The summed E-state index contributed by atoms with van der Waals surface area (Å²) in [5.74, 6) is -0.264. The number of carbonyl (C=O) groups excluding carboxylic acids is 1. The van der Waals surface area contributed by atoms with Gasteiger partial charge in [-0.15, -0.1) is 0 Å². The molecular weight excluding hydrogens is 372 g/mol. The molecule has 9 nitrogen and oxygen atoms in total. The first-order valence-electron chi connectivity index (χ1n) is 10.5. The zero-order chi connectivity index (χ0) is 20.2. The first-order chi connectivity index (χ1) is 14.0. The number of rotatable bonds is 2. The SMILES string of the molecule is Nc1ncnc2c1ccn2[C@@H]1C[C@H](C(=O)N2CCCC23CCNCC3)[C@@H](O)[C@H]1O. The summed E-state index contributed by atoms with van der Waals surface area (Å²) in [6, 6.07) is 1.38. The van der Waals surface area contributed by atoms with E-state index in [4.69, 9.17) is 5.73 Å². The maximum atomic E-state index is 13.5. The van der Waals surface area contributed by atoms with Crippen LogP contribution in [0.25, 0.3) is 11.0 Å². The summed E-state index contributed by atoms with van der Waals surface area (Å²) >= 11 is 0. The van der Waals surface area contributed by atoms with E-state index in [2.05, 4.69) is 15.3 Å². The van der Waals surface area contributed by atoms with Crippen molar-refractivity contribution in [1.29, 1.82) is 0 Å². The summed E-state index contributed by atoms with van der Waals surface area (Å²) in [5, 5.41) is 25.7. The minimum Gasteiger partial charge on any atom is -0.390 e. The highest BCUT2D eigenvalue weighted by molar-refractivity contribution is 5.86. The molecule has 0 radical (unpaired) electrons. The van der Waals surface area contributed by atoms with Crippen molar-refractivity contribution in [1.82, 2.24) is 24.8 Å². The topological polar surface area (TPSA) is 130 Å². The number of amides is 1. The van der Waals surface area contributed by atoms with Gasteiger partial charge in [-0.2, -0.15) is 0 Å². The lowest BCUT2D eigenvalue weighted by Crippen LogP contribution is -2.55. The van der Waals surface area contributed by atoms with E-state index in [-0.39, 0.29) is 11.4 Å². The highest BCUT2D eigenvalue weighted by atomic mass is 16.3. The summed E-state index contributed by atoms with van der Waals surface area (Å²) in [4.78, 5) is 23.8. The van der Waals surface area contributed by atoms with Crippen LogP contribution in [0.5, 0.6) is 0 Å². The Labute approximate surface area is 168 Å². The molecule has 2 aliphatic heterocycles. The highest BCUT2D eigenvalue weighted by Crippen LogP contribution is 2.43. The van der Waals surface area contributed by atoms with Crippen molar-refractivity contribution in [3.05, 3.63) is 18.6 Å². The van der Waals surface area contributed by atoms with Crippen molar-refractivity contribution >= 4 is 22.8 Å². The molecule has 3 aliphatic rings. The van der Waals surface area contributed by atoms with Crippen LogP contribution in [-0.4, -0.2) is 72.9 Å². The van der Waals surface area contributed by atoms with Crippen LogP contribution in [0, 0.1) is 5.92 Å². The number of likely N-dealkylation sites (tertiary alicyclic amines) is 1. The fraction of sp³-hybridized carbons (Fsp3) is 0.650. The van der Waals surface area contributed by atoms with Gasteiger partial charge in [-0.05, 0) is 51.3 Å². The fourth-order valence-electron chi connectivity index (χ4n) is 5.68. The molecule has 2 aromatic rings. The number of nitrogens with two attached hydrogens (primary N) is 1. The Hall–Kier alpha value is -2.23. The van der Waals surface area contributed by atoms with Crippen LogP contribution in [-0.2, 0) is 4.79 Å². The van der Waals surface area contributed by atoms with Gasteiger partial charge in [0.1, 0.15) is 23.9 Å². The number of fused-ring (bicyclic) bond motifs is 1. The van der Waals surface area contributed by atoms with Gasteiger partial charge in [-0.1, -0.05) is 0 Å². The lowest BCUT2D eigenvalue weighted by Gasteiger charge is -2.43. The number of piperidine rings is 1. The number of aliphatic hydroxyl groups is 2. The Morgan fingerprint density at radius 2 is 2.00 bits per heavy atom. The first kappa shape index (κ1) is 18.8. The molecular formula is C20H28N6O3. The molecule has 1 amide bonds. The van der Waals surface area contributed by atoms with Gasteiger partial charge < -0.3 is 30.7 Å². The Kier molecular flexibility index (Phi) is 4.49. The molecule has 1 spiro atoms. The summed E-state index contributed by atoms with van der Waals surface area (Å²) in [6.45, 7) is 2.57.